The lowest BCUT2D eigenvalue weighted by Crippen LogP contribution is -2.30. The van der Waals surface area contributed by atoms with Crippen molar-refractivity contribution < 1.29 is 0 Å². The van der Waals surface area contributed by atoms with E-state index in [9.17, 15) is 0 Å². The van der Waals surface area contributed by atoms with Crippen LogP contribution in [0.4, 0.5) is 0 Å². The maximum atomic E-state index is 3.93. The maximum absolute atomic E-state index is 3.93. The average Bonchev–Trinajstić information content (AvgIpc) is 2.70. The van der Waals surface area contributed by atoms with Gasteiger partial charge in [-0.25, -0.2) is 0 Å². The highest BCUT2D eigenvalue weighted by atomic mass is 35.5. The molecule has 92 valence electrons. The van der Waals surface area contributed by atoms with E-state index in [1.165, 1.54) is 24.9 Å². The van der Waals surface area contributed by atoms with Crippen molar-refractivity contribution in [3.05, 3.63) is 41.5 Å². The molecule has 17 heavy (non-hydrogen) atoms. The Bertz CT molecular complexity index is 441. The zero-order valence-electron chi connectivity index (χ0n) is 10.3. The Morgan fingerprint density at radius 3 is 3.06 bits per heavy atom. The van der Waals surface area contributed by atoms with Crippen LogP contribution in [0.1, 0.15) is 36.0 Å². The van der Waals surface area contributed by atoms with Crippen LogP contribution in [0.3, 0.4) is 0 Å². The van der Waals surface area contributed by atoms with Gasteiger partial charge < -0.3 is 5.32 Å². The van der Waals surface area contributed by atoms with Crippen LogP contribution < -0.4 is 5.32 Å². The van der Waals surface area contributed by atoms with E-state index in [2.05, 4.69) is 37.0 Å². The number of hydrogen-bond acceptors (Lipinski definition) is 1. The van der Waals surface area contributed by atoms with Crippen molar-refractivity contribution in [1.82, 2.24) is 5.32 Å². The van der Waals surface area contributed by atoms with Crippen LogP contribution in [-0.4, -0.2) is 13.1 Å². The number of fused-ring (bicyclic) bond motifs is 3. The number of hydrogen-bond donors (Lipinski definition) is 1. The first-order valence-corrected chi connectivity index (χ1v) is 6.19. The second-order valence-electron chi connectivity index (χ2n) is 5.46. The van der Waals surface area contributed by atoms with Crippen LogP contribution in [0.15, 0.2) is 24.8 Å². The molecule has 0 radical (unpaired) electrons. The monoisotopic (exact) mass is 249 g/mol. The first kappa shape index (κ1) is 12.7. The topological polar surface area (TPSA) is 12.0 Å². The van der Waals surface area contributed by atoms with Crippen molar-refractivity contribution in [2.24, 2.45) is 5.41 Å². The van der Waals surface area contributed by atoms with Gasteiger partial charge in [0.2, 0.25) is 0 Å². The van der Waals surface area contributed by atoms with E-state index in [0.29, 0.717) is 11.3 Å². The van der Waals surface area contributed by atoms with Crippen molar-refractivity contribution in [2.45, 2.75) is 25.7 Å². The summed E-state index contributed by atoms with van der Waals surface area (Å²) < 4.78 is 0. The minimum Gasteiger partial charge on any atom is -0.316 e. The lowest BCUT2D eigenvalue weighted by atomic mass is 9.66. The summed E-state index contributed by atoms with van der Waals surface area (Å²) in [5.74, 6) is 0.705. The molecule has 1 nitrogen and oxygen atoms in total. The largest absolute Gasteiger partial charge is 0.316 e. The molecule has 1 aromatic carbocycles. The fraction of sp³-hybridized carbons (Fsp3) is 0.467. The molecule has 1 aromatic rings. The van der Waals surface area contributed by atoms with Crippen molar-refractivity contribution >= 4 is 18.5 Å². The predicted molar refractivity (Wildman–Crippen MR) is 75.8 cm³/mol. The smallest absolute Gasteiger partial charge is 0.00324 e. The van der Waals surface area contributed by atoms with Crippen LogP contribution >= 0.6 is 12.4 Å². The molecule has 1 aliphatic heterocycles. The third kappa shape index (κ3) is 1.82. The summed E-state index contributed by atoms with van der Waals surface area (Å²) in [5.41, 5.74) is 4.93. The van der Waals surface area contributed by atoms with Gasteiger partial charge in [0.05, 0.1) is 0 Å². The predicted octanol–water partition coefficient (Wildman–Crippen LogP) is 3.39. The van der Waals surface area contributed by atoms with Gasteiger partial charge in [0, 0.05) is 19.0 Å². The van der Waals surface area contributed by atoms with Crippen molar-refractivity contribution in [3.63, 3.8) is 0 Å². The summed E-state index contributed by atoms with van der Waals surface area (Å²) in [7, 11) is 0. The van der Waals surface area contributed by atoms with Crippen molar-refractivity contribution in [2.75, 3.05) is 13.1 Å². The Balaban J connectivity index is 0.00000108. The minimum absolute atomic E-state index is 0. The second-order valence-corrected chi connectivity index (χ2v) is 5.46. The summed E-state index contributed by atoms with van der Waals surface area (Å²) in [6.45, 7) is 8.68. The van der Waals surface area contributed by atoms with E-state index in [-0.39, 0.29) is 12.4 Å². The Morgan fingerprint density at radius 1 is 1.47 bits per heavy atom. The SMILES string of the molecule is C=Cc1cccc2c1CC[C@]1(C)CNC[C@H]21.Cl. The molecule has 2 atom stereocenters. The van der Waals surface area contributed by atoms with E-state index in [4.69, 9.17) is 0 Å². The van der Waals surface area contributed by atoms with Gasteiger partial charge in [-0.1, -0.05) is 37.8 Å². The van der Waals surface area contributed by atoms with Gasteiger partial charge in [0.1, 0.15) is 0 Å². The van der Waals surface area contributed by atoms with Crippen LogP contribution in [0.2, 0.25) is 0 Å². The molecule has 1 heterocycles. The summed E-state index contributed by atoms with van der Waals surface area (Å²) in [4.78, 5) is 0. The molecule has 1 N–H and O–H groups in total. The van der Waals surface area contributed by atoms with E-state index in [1.54, 1.807) is 11.1 Å². The van der Waals surface area contributed by atoms with Crippen LogP contribution in [0.25, 0.3) is 6.08 Å². The molecule has 0 spiro atoms. The summed E-state index contributed by atoms with van der Waals surface area (Å²) in [6, 6.07) is 6.69. The number of nitrogens with one attached hydrogen (secondary N) is 1. The zero-order valence-corrected chi connectivity index (χ0v) is 11.1. The highest BCUT2D eigenvalue weighted by Gasteiger charge is 2.43. The molecule has 1 saturated heterocycles. The average molecular weight is 250 g/mol. The summed E-state index contributed by atoms with van der Waals surface area (Å²) >= 11 is 0. The van der Waals surface area contributed by atoms with E-state index < -0.39 is 0 Å². The van der Waals surface area contributed by atoms with Crippen molar-refractivity contribution in [3.8, 4) is 0 Å². The van der Waals surface area contributed by atoms with Gasteiger partial charge >= 0.3 is 0 Å². The highest BCUT2D eigenvalue weighted by Crippen LogP contribution is 2.48. The van der Waals surface area contributed by atoms with Gasteiger partial charge in [0.15, 0.2) is 0 Å². The Labute approximate surface area is 110 Å². The molecule has 0 saturated carbocycles. The quantitative estimate of drug-likeness (QED) is 0.805. The van der Waals surface area contributed by atoms with Crippen LogP contribution in [0, 0.1) is 5.41 Å². The van der Waals surface area contributed by atoms with E-state index in [0.717, 1.165) is 6.54 Å². The summed E-state index contributed by atoms with van der Waals surface area (Å²) in [6.07, 6.45) is 4.53. The minimum atomic E-state index is 0. The molecular weight excluding hydrogens is 230 g/mol. The third-order valence-corrected chi connectivity index (χ3v) is 4.51. The molecule has 0 unspecified atom stereocenters. The van der Waals surface area contributed by atoms with Gasteiger partial charge in [-0.05, 0) is 34.9 Å². The molecule has 0 amide bonds. The van der Waals surface area contributed by atoms with Gasteiger partial charge in [0.25, 0.3) is 0 Å². The second kappa shape index (κ2) is 4.47. The molecule has 1 aliphatic carbocycles. The molecule has 3 rings (SSSR count). The van der Waals surface area contributed by atoms with Crippen molar-refractivity contribution in [1.29, 1.82) is 0 Å². The lowest BCUT2D eigenvalue weighted by molar-refractivity contribution is 0.277. The Hall–Kier alpha value is -0.790. The number of benzene rings is 1. The fourth-order valence-corrected chi connectivity index (χ4v) is 3.46. The van der Waals surface area contributed by atoms with E-state index >= 15 is 0 Å². The van der Waals surface area contributed by atoms with E-state index in [1.807, 2.05) is 6.08 Å². The highest BCUT2D eigenvalue weighted by molar-refractivity contribution is 5.85. The fourth-order valence-electron chi connectivity index (χ4n) is 3.46. The Kier molecular flexibility index (Phi) is 3.33. The first-order chi connectivity index (χ1) is 7.74. The van der Waals surface area contributed by atoms with Gasteiger partial charge in [-0.2, -0.15) is 0 Å². The number of rotatable bonds is 1. The lowest BCUT2D eigenvalue weighted by Gasteiger charge is -2.37. The molecular formula is C15H20ClN. The zero-order chi connectivity index (χ0) is 11.2. The number of halogens is 1. The normalized spacial score (nSPS) is 30.1. The maximum Gasteiger partial charge on any atom is 0.00324 e. The standard InChI is InChI=1S/C15H19N.ClH/c1-3-11-5-4-6-13-12(11)7-8-15(2)10-16-9-14(13)15;/h3-6,14,16H,1,7-10H2,2H3;1H/t14-,15-;/m1./s1. The first-order valence-electron chi connectivity index (χ1n) is 6.19. The Morgan fingerprint density at radius 2 is 2.29 bits per heavy atom. The molecule has 0 bridgehead atoms. The van der Waals surface area contributed by atoms with Gasteiger partial charge in [-0.3, -0.25) is 0 Å². The molecule has 2 heteroatoms. The molecule has 0 aromatic heterocycles. The third-order valence-electron chi connectivity index (χ3n) is 4.51. The van der Waals surface area contributed by atoms with Gasteiger partial charge in [-0.15, -0.1) is 12.4 Å². The van der Waals surface area contributed by atoms with Crippen LogP contribution in [-0.2, 0) is 6.42 Å². The molecule has 2 aliphatic rings. The summed E-state index contributed by atoms with van der Waals surface area (Å²) in [5, 5.41) is 3.56. The molecule has 1 fully saturated rings. The van der Waals surface area contributed by atoms with Crippen LogP contribution in [0.5, 0.6) is 0 Å².